The van der Waals surface area contributed by atoms with Crippen LogP contribution in [0.2, 0.25) is 0 Å². The summed E-state index contributed by atoms with van der Waals surface area (Å²) in [5.41, 5.74) is 7.79. The summed E-state index contributed by atoms with van der Waals surface area (Å²) in [5.74, 6) is 0.00000690. The second-order valence-electron chi connectivity index (χ2n) is 9.99. The molecular weight excluding hydrogens is 568 g/mol. The molecule has 1 unspecified atom stereocenters. The zero-order valence-electron chi connectivity index (χ0n) is 21.7. The molecule has 2 N–H and O–H groups in total. The Morgan fingerprint density at radius 3 is 2.38 bits per heavy atom. The maximum Gasteiger partial charge on any atom is 0.433 e. The molecule has 6 heterocycles. The average molecular weight is 592 g/mol. The Morgan fingerprint density at radius 1 is 0.929 bits per heavy atom. The SMILES string of the molecule is Nc1nc2cc(-c3cnn(C(c4ccc(C(F)(F)F)nc4)C4CCOCC4)c3)cc(-c3cnn(CC(F)(F)F)c3)n2n1. The van der Waals surface area contributed by atoms with E-state index in [4.69, 9.17) is 10.5 Å². The van der Waals surface area contributed by atoms with E-state index >= 15 is 0 Å². The van der Waals surface area contributed by atoms with Crippen molar-refractivity contribution in [1.29, 1.82) is 0 Å². The second kappa shape index (κ2) is 10.4. The zero-order valence-corrected chi connectivity index (χ0v) is 21.7. The van der Waals surface area contributed by atoms with Crippen LogP contribution in [0.4, 0.5) is 32.3 Å². The fraction of sp³-hybridized carbons (Fsp3) is 0.346. The summed E-state index contributed by atoms with van der Waals surface area (Å²) in [6.07, 6.45) is -0.503. The van der Waals surface area contributed by atoms with E-state index in [0.29, 0.717) is 59.7 Å². The minimum absolute atomic E-state index is 0.0267. The maximum absolute atomic E-state index is 13.2. The lowest BCUT2D eigenvalue weighted by Gasteiger charge is -2.30. The standard InChI is InChI=1S/C26H23F6N9O/c27-25(28,29)14-39-12-19(11-35-39)20-7-17(8-22-37-24(33)38-41(20)22)18-10-36-40(13-18)23(15-3-5-42-6-4-15)16-1-2-21(34-9-16)26(30,31)32/h1-2,7-13,15,23H,3-6,14H2,(H2,33,38). The summed E-state index contributed by atoms with van der Waals surface area (Å²) in [6.45, 7) is -0.228. The van der Waals surface area contributed by atoms with Gasteiger partial charge in [0.1, 0.15) is 12.2 Å². The summed E-state index contributed by atoms with van der Waals surface area (Å²) in [5, 5.41) is 12.6. The molecule has 0 bridgehead atoms. The molecule has 220 valence electrons. The molecule has 42 heavy (non-hydrogen) atoms. The molecule has 5 aromatic rings. The van der Waals surface area contributed by atoms with Gasteiger partial charge in [0.25, 0.3) is 0 Å². The molecule has 1 aliphatic rings. The highest BCUT2D eigenvalue weighted by Gasteiger charge is 2.34. The van der Waals surface area contributed by atoms with E-state index in [-0.39, 0.29) is 11.9 Å². The van der Waals surface area contributed by atoms with Gasteiger partial charge in [0.2, 0.25) is 5.95 Å². The number of fused-ring (bicyclic) bond motifs is 1. The van der Waals surface area contributed by atoms with E-state index in [1.807, 2.05) is 0 Å². The number of ether oxygens (including phenoxy) is 1. The highest BCUT2D eigenvalue weighted by Crippen LogP contribution is 2.36. The van der Waals surface area contributed by atoms with Crippen LogP contribution in [0.15, 0.2) is 55.2 Å². The molecule has 10 nitrogen and oxygen atoms in total. The van der Waals surface area contributed by atoms with E-state index in [1.165, 1.54) is 29.2 Å². The number of nitrogen functional groups attached to an aromatic ring is 1. The third-order valence-corrected chi connectivity index (χ3v) is 7.07. The van der Waals surface area contributed by atoms with Gasteiger partial charge in [-0.1, -0.05) is 6.07 Å². The molecule has 0 spiro atoms. The highest BCUT2D eigenvalue weighted by molar-refractivity contribution is 5.74. The number of halogens is 6. The number of nitrogens with two attached hydrogens (primary N) is 1. The fourth-order valence-corrected chi connectivity index (χ4v) is 5.20. The van der Waals surface area contributed by atoms with E-state index in [9.17, 15) is 26.3 Å². The monoisotopic (exact) mass is 591 g/mol. The van der Waals surface area contributed by atoms with Gasteiger partial charge in [-0.05, 0) is 48.1 Å². The Balaban J connectivity index is 1.39. The molecule has 6 rings (SSSR count). The predicted octanol–water partition coefficient (Wildman–Crippen LogP) is 5.03. The van der Waals surface area contributed by atoms with Crippen LogP contribution in [0.25, 0.3) is 28.0 Å². The zero-order chi connectivity index (χ0) is 29.6. The highest BCUT2D eigenvalue weighted by atomic mass is 19.4. The lowest BCUT2D eigenvalue weighted by Crippen LogP contribution is -2.27. The van der Waals surface area contributed by atoms with Crippen LogP contribution in [-0.2, 0) is 17.5 Å². The lowest BCUT2D eigenvalue weighted by atomic mass is 9.87. The van der Waals surface area contributed by atoms with Crippen molar-refractivity contribution in [3.8, 4) is 22.4 Å². The Labute approximate surface area is 233 Å². The summed E-state index contributed by atoms with van der Waals surface area (Å²) in [4.78, 5) is 7.88. The molecule has 0 aromatic carbocycles. The summed E-state index contributed by atoms with van der Waals surface area (Å²) < 4.78 is 87.6. The third kappa shape index (κ3) is 5.66. The molecule has 1 fully saturated rings. The first-order valence-corrected chi connectivity index (χ1v) is 12.9. The van der Waals surface area contributed by atoms with Crippen molar-refractivity contribution in [2.75, 3.05) is 18.9 Å². The summed E-state index contributed by atoms with van der Waals surface area (Å²) >= 11 is 0. The van der Waals surface area contributed by atoms with Crippen LogP contribution in [0.3, 0.4) is 0 Å². The van der Waals surface area contributed by atoms with Gasteiger partial charge in [0, 0.05) is 42.9 Å². The van der Waals surface area contributed by atoms with E-state index in [1.54, 1.807) is 29.2 Å². The molecule has 0 radical (unpaired) electrons. The van der Waals surface area contributed by atoms with Crippen LogP contribution in [-0.4, -0.2) is 58.5 Å². The van der Waals surface area contributed by atoms with Crippen LogP contribution in [0.1, 0.15) is 30.1 Å². The Bertz CT molecular complexity index is 1700. The molecule has 0 saturated carbocycles. The number of hydrogen-bond acceptors (Lipinski definition) is 7. The first kappa shape index (κ1) is 27.7. The van der Waals surface area contributed by atoms with Gasteiger partial charge in [-0.2, -0.15) is 41.5 Å². The van der Waals surface area contributed by atoms with Crippen molar-refractivity contribution < 1.29 is 31.1 Å². The summed E-state index contributed by atoms with van der Waals surface area (Å²) in [6, 6.07) is 5.38. The number of rotatable bonds is 6. The van der Waals surface area contributed by atoms with E-state index in [0.717, 1.165) is 10.7 Å². The minimum Gasteiger partial charge on any atom is -0.381 e. The molecule has 1 aliphatic heterocycles. The normalized spacial score (nSPS) is 15.9. The number of hydrogen-bond donors (Lipinski definition) is 1. The van der Waals surface area contributed by atoms with Crippen LogP contribution in [0, 0.1) is 5.92 Å². The average Bonchev–Trinajstić information content (AvgIpc) is 3.67. The molecule has 1 atom stereocenters. The smallest absolute Gasteiger partial charge is 0.381 e. The molecule has 1 saturated heterocycles. The molecular formula is C26H23F6N9O. The first-order chi connectivity index (χ1) is 19.9. The van der Waals surface area contributed by atoms with Crippen molar-refractivity contribution in [2.45, 2.75) is 37.8 Å². The van der Waals surface area contributed by atoms with Gasteiger partial charge in [-0.25, -0.2) is 4.52 Å². The van der Waals surface area contributed by atoms with E-state index in [2.05, 4.69) is 25.3 Å². The van der Waals surface area contributed by atoms with Crippen LogP contribution < -0.4 is 5.73 Å². The van der Waals surface area contributed by atoms with Gasteiger partial charge in [-0.15, -0.1) is 5.10 Å². The number of anilines is 1. The van der Waals surface area contributed by atoms with Crippen molar-refractivity contribution in [2.24, 2.45) is 5.92 Å². The van der Waals surface area contributed by atoms with Crippen molar-refractivity contribution in [3.63, 3.8) is 0 Å². The minimum atomic E-state index is -4.56. The molecule has 0 aliphatic carbocycles. The van der Waals surface area contributed by atoms with Crippen LogP contribution in [0.5, 0.6) is 0 Å². The third-order valence-electron chi connectivity index (χ3n) is 7.07. The van der Waals surface area contributed by atoms with Gasteiger partial charge in [0.05, 0.1) is 24.1 Å². The van der Waals surface area contributed by atoms with E-state index < -0.39 is 30.6 Å². The largest absolute Gasteiger partial charge is 0.433 e. The number of aromatic nitrogens is 8. The Hall–Kier alpha value is -4.47. The van der Waals surface area contributed by atoms with Gasteiger partial charge < -0.3 is 10.5 Å². The maximum atomic E-state index is 13.2. The Morgan fingerprint density at radius 2 is 1.69 bits per heavy atom. The number of nitrogens with zero attached hydrogens (tertiary/aromatic N) is 8. The quantitative estimate of drug-likeness (QED) is 0.276. The Kier molecular flexibility index (Phi) is 6.87. The topological polar surface area (TPSA) is 114 Å². The lowest BCUT2D eigenvalue weighted by molar-refractivity contribution is -0.143. The molecule has 0 amide bonds. The first-order valence-electron chi connectivity index (χ1n) is 12.9. The van der Waals surface area contributed by atoms with Gasteiger partial charge in [0.15, 0.2) is 5.65 Å². The van der Waals surface area contributed by atoms with Crippen molar-refractivity contribution in [1.82, 2.24) is 39.1 Å². The molecule has 5 aromatic heterocycles. The van der Waals surface area contributed by atoms with Gasteiger partial charge in [-0.3, -0.25) is 14.3 Å². The fourth-order valence-electron chi connectivity index (χ4n) is 5.20. The predicted molar refractivity (Wildman–Crippen MR) is 137 cm³/mol. The van der Waals surface area contributed by atoms with Crippen molar-refractivity contribution >= 4 is 11.6 Å². The number of pyridine rings is 2. The van der Waals surface area contributed by atoms with Gasteiger partial charge >= 0.3 is 12.4 Å². The van der Waals surface area contributed by atoms with Crippen LogP contribution >= 0.6 is 0 Å². The number of alkyl halides is 6. The van der Waals surface area contributed by atoms with Crippen molar-refractivity contribution in [3.05, 3.63) is 66.5 Å². The molecule has 16 heteroatoms. The summed E-state index contributed by atoms with van der Waals surface area (Å²) in [7, 11) is 0. The second-order valence-corrected chi connectivity index (χ2v) is 9.99.